The standard InChI is InChI=1S/C21H34N4O3S/c1-3-16-29(27,28)25-14-10-19(11-15-25)23-21(26)22-18-4-6-20(7-5-18)24-12-8-17(2)9-13-24/h4-7,17,19H,3,8-16H2,1-2H3,(H2,22,23,26). The summed E-state index contributed by atoms with van der Waals surface area (Å²) >= 11 is 0. The quantitative estimate of drug-likeness (QED) is 0.737. The number of urea groups is 1. The largest absolute Gasteiger partial charge is 0.372 e. The summed E-state index contributed by atoms with van der Waals surface area (Å²) < 4.78 is 25.8. The Bertz CT molecular complexity index is 766. The summed E-state index contributed by atoms with van der Waals surface area (Å²) in [5.74, 6) is 0.993. The van der Waals surface area contributed by atoms with Crippen LogP contribution >= 0.6 is 0 Å². The molecule has 2 aliphatic rings. The van der Waals surface area contributed by atoms with E-state index in [1.54, 1.807) is 4.31 Å². The molecule has 1 aromatic rings. The normalized spacial score (nSPS) is 19.9. The number of hydrogen-bond acceptors (Lipinski definition) is 4. The van der Waals surface area contributed by atoms with Gasteiger partial charge in [0.15, 0.2) is 0 Å². The first-order chi connectivity index (χ1) is 13.9. The van der Waals surface area contributed by atoms with Gasteiger partial charge in [0.25, 0.3) is 0 Å². The minimum Gasteiger partial charge on any atom is -0.372 e. The van der Waals surface area contributed by atoms with Crippen molar-refractivity contribution in [1.29, 1.82) is 0 Å². The summed E-state index contributed by atoms with van der Waals surface area (Å²) in [6.45, 7) is 7.28. The number of hydrogen-bond donors (Lipinski definition) is 2. The maximum Gasteiger partial charge on any atom is 0.319 e. The van der Waals surface area contributed by atoms with Gasteiger partial charge in [0.05, 0.1) is 5.75 Å². The molecule has 0 aromatic heterocycles. The van der Waals surface area contributed by atoms with Crippen LogP contribution in [0.25, 0.3) is 0 Å². The molecule has 2 fully saturated rings. The molecule has 0 aliphatic carbocycles. The van der Waals surface area contributed by atoms with Gasteiger partial charge in [-0.1, -0.05) is 13.8 Å². The van der Waals surface area contributed by atoms with Crippen LogP contribution in [-0.4, -0.2) is 56.7 Å². The van der Waals surface area contributed by atoms with E-state index in [-0.39, 0.29) is 17.8 Å². The number of piperidine rings is 2. The number of rotatable bonds is 6. The summed E-state index contributed by atoms with van der Waals surface area (Å²) in [6, 6.07) is 7.75. The molecule has 2 amide bonds. The summed E-state index contributed by atoms with van der Waals surface area (Å²) in [7, 11) is -3.15. The van der Waals surface area contributed by atoms with Crippen LogP contribution in [0.15, 0.2) is 24.3 Å². The Morgan fingerprint density at radius 2 is 1.66 bits per heavy atom. The highest BCUT2D eigenvalue weighted by molar-refractivity contribution is 7.89. The predicted molar refractivity (Wildman–Crippen MR) is 118 cm³/mol. The van der Waals surface area contributed by atoms with Gasteiger partial charge in [-0.3, -0.25) is 0 Å². The molecule has 3 rings (SSSR count). The third kappa shape index (κ3) is 6.09. The van der Waals surface area contributed by atoms with Crippen LogP contribution in [0, 0.1) is 5.92 Å². The second kappa shape index (κ2) is 9.80. The molecule has 2 aliphatic heterocycles. The van der Waals surface area contributed by atoms with E-state index in [0.717, 1.165) is 24.7 Å². The van der Waals surface area contributed by atoms with Crippen molar-refractivity contribution >= 4 is 27.4 Å². The Morgan fingerprint density at radius 3 is 2.24 bits per heavy atom. The van der Waals surface area contributed by atoms with Crippen molar-refractivity contribution in [2.45, 2.75) is 52.0 Å². The monoisotopic (exact) mass is 422 g/mol. The second-order valence-corrected chi connectivity index (χ2v) is 10.4. The molecule has 0 radical (unpaired) electrons. The van der Waals surface area contributed by atoms with Crippen LogP contribution in [0.1, 0.15) is 46.0 Å². The van der Waals surface area contributed by atoms with Crippen LogP contribution in [0.3, 0.4) is 0 Å². The van der Waals surface area contributed by atoms with E-state index in [4.69, 9.17) is 0 Å². The topological polar surface area (TPSA) is 81.8 Å². The fourth-order valence-corrected chi connectivity index (χ4v) is 5.58. The van der Waals surface area contributed by atoms with Gasteiger partial charge in [-0.25, -0.2) is 17.5 Å². The van der Waals surface area contributed by atoms with Crippen molar-refractivity contribution < 1.29 is 13.2 Å². The number of nitrogens with one attached hydrogen (secondary N) is 2. The molecule has 1 aromatic carbocycles. The van der Waals surface area contributed by atoms with E-state index >= 15 is 0 Å². The molecule has 2 saturated heterocycles. The van der Waals surface area contributed by atoms with E-state index < -0.39 is 10.0 Å². The van der Waals surface area contributed by atoms with Crippen molar-refractivity contribution in [1.82, 2.24) is 9.62 Å². The highest BCUT2D eigenvalue weighted by atomic mass is 32.2. The average molecular weight is 423 g/mol. The van der Waals surface area contributed by atoms with Crippen LogP contribution < -0.4 is 15.5 Å². The van der Waals surface area contributed by atoms with Gasteiger partial charge in [0.1, 0.15) is 0 Å². The summed E-state index contributed by atoms with van der Waals surface area (Å²) in [5.41, 5.74) is 1.96. The first-order valence-electron chi connectivity index (χ1n) is 10.8. The van der Waals surface area contributed by atoms with E-state index in [2.05, 4.69) is 34.6 Å². The molecule has 0 atom stereocenters. The van der Waals surface area contributed by atoms with Crippen molar-refractivity contribution in [3.05, 3.63) is 24.3 Å². The molecule has 162 valence electrons. The Kier molecular flexibility index (Phi) is 7.40. The van der Waals surface area contributed by atoms with Crippen molar-refractivity contribution in [3.63, 3.8) is 0 Å². The molecule has 29 heavy (non-hydrogen) atoms. The molecule has 7 nitrogen and oxygen atoms in total. The lowest BCUT2D eigenvalue weighted by Crippen LogP contribution is -2.47. The van der Waals surface area contributed by atoms with Gasteiger partial charge < -0.3 is 15.5 Å². The highest BCUT2D eigenvalue weighted by Crippen LogP contribution is 2.24. The summed E-state index contributed by atoms with van der Waals surface area (Å²) in [4.78, 5) is 14.7. The van der Waals surface area contributed by atoms with E-state index in [0.29, 0.717) is 32.4 Å². The molecule has 0 unspecified atom stereocenters. The first-order valence-corrected chi connectivity index (χ1v) is 12.4. The minimum atomic E-state index is -3.15. The summed E-state index contributed by atoms with van der Waals surface area (Å²) in [6.07, 6.45) is 4.35. The number of carbonyl (C=O) groups is 1. The molecule has 0 spiro atoms. The number of nitrogens with zero attached hydrogens (tertiary/aromatic N) is 2. The first kappa shape index (κ1) is 21.9. The van der Waals surface area contributed by atoms with E-state index in [1.165, 1.54) is 18.5 Å². The van der Waals surface area contributed by atoms with Crippen LogP contribution in [0.4, 0.5) is 16.2 Å². The summed E-state index contributed by atoms with van der Waals surface area (Å²) in [5, 5.41) is 5.86. The molecular formula is C21H34N4O3S. The Labute approximate surface area is 174 Å². The molecule has 2 heterocycles. The number of carbonyl (C=O) groups excluding carboxylic acids is 1. The maximum atomic E-state index is 12.3. The Morgan fingerprint density at radius 1 is 1.03 bits per heavy atom. The fourth-order valence-electron chi connectivity index (χ4n) is 4.04. The molecule has 0 bridgehead atoms. The van der Waals surface area contributed by atoms with E-state index in [1.807, 2.05) is 19.1 Å². The molecule has 0 saturated carbocycles. The maximum absolute atomic E-state index is 12.3. The zero-order valence-electron chi connectivity index (χ0n) is 17.6. The zero-order valence-corrected chi connectivity index (χ0v) is 18.4. The molecule has 2 N–H and O–H groups in total. The van der Waals surface area contributed by atoms with Crippen molar-refractivity contribution in [2.24, 2.45) is 5.92 Å². The fraction of sp³-hybridized carbons (Fsp3) is 0.667. The van der Waals surface area contributed by atoms with Crippen molar-refractivity contribution in [2.75, 3.05) is 42.1 Å². The number of benzene rings is 1. The Balaban J connectivity index is 1.44. The predicted octanol–water partition coefficient (Wildman–Crippen LogP) is 3.25. The number of anilines is 2. The lowest BCUT2D eigenvalue weighted by molar-refractivity contribution is 0.238. The lowest BCUT2D eigenvalue weighted by atomic mass is 9.99. The smallest absolute Gasteiger partial charge is 0.319 e. The van der Waals surface area contributed by atoms with Gasteiger partial charge in [-0.05, 0) is 62.3 Å². The van der Waals surface area contributed by atoms with Crippen LogP contribution in [-0.2, 0) is 10.0 Å². The average Bonchev–Trinajstić information content (AvgIpc) is 2.69. The van der Waals surface area contributed by atoms with Crippen LogP contribution in [0.2, 0.25) is 0 Å². The SMILES string of the molecule is CCCS(=O)(=O)N1CCC(NC(=O)Nc2ccc(N3CCC(C)CC3)cc2)CC1. The van der Waals surface area contributed by atoms with E-state index in [9.17, 15) is 13.2 Å². The minimum absolute atomic E-state index is 0.00214. The number of sulfonamides is 1. The van der Waals surface area contributed by atoms with Gasteiger partial charge in [-0.2, -0.15) is 0 Å². The third-order valence-corrected chi connectivity index (χ3v) is 7.99. The Hall–Kier alpha value is -1.80. The van der Waals surface area contributed by atoms with Gasteiger partial charge in [0, 0.05) is 43.6 Å². The van der Waals surface area contributed by atoms with Gasteiger partial charge >= 0.3 is 6.03 Å². The van der Waals surface area contributed by atoms with Gasteiger partial charge in [0.2, 0.25) is 10.0 Å². The van der Waals surface area contributed by atoms with Gasteiger partial charge in [-0.15, -0.1) is 0 Å². The zero-order chi connectivity index (χ0) is 20.9. The highest BCUT2D eigenvalue weighted by Gasteiger charge is 2.28. The molecular weight excluding hydrogens is 388 g/mol. The van der Waals surface area contributed by atoms with Crippen molar-refractivity contribution in [3.8, 4) is 0 Å². The lowest BCUT2D eigenvalue weighted by Gasteiger charge is -2.32. The third-order valence-electron chi connectivity index (χ3n) is 5.92. The van der Waals surface area contributed by atoms with Crippen LogP contribution in [0.5, 0.6) is 0 Å². The number of amides is 2. The second-order valence-electron chi connectivity index (χ2n) is 8.30. The molecule has 8 heteroatoms.